The summed E-state index contributed by atoms with van der Waals surface area (Å²) in [6.07, 6.45) is -0.680. The largest absolute Gasteiger partial charge is 0.472 e. The summed E-state index contributed by atoms with van der Waals surface area (Å²) in [6.45, 7) is -0.495. The average Bonchev–Trinajstić information content (AvgIpc) is 3.71. The van der Waals surface area contributed by atoms with Crippen LogP contribution in [0.4, 0.5) is 11.8 Å². The normalized spacial score (nSPS) is 35.4. The molecule has 0 saturated carbocycles. The van der Waals surface area contributed by atoms with Gasteiger partial charge in [-0.15, -0.1) is 0 Å². The Morgan fingerprint density at radius 2 is 1.77 bits per heavy atom. The second-order valence-corrected chi connectivity index (χ2v) is 16.6. The fourth-order valence-electron chi connectivity index (χ4n) is 5.25. The maximum absolute atomic E-state index is 13.2. The van der Waals surface area contributed by atoms with Crippen LogP contribution in [-0.2, 0) is 43.9 Å². The zero-order chi connectivity index (χ0) is 30.1. The molecule has 7 rings (SSSR count). The van der Waals surface area contributed by atoms with Gasteiger partial charge in [0.1, 0.15) is 30.3 Å². The van der Waals surface area contributed by atoms with E-state index in [-0.39, 0.29) is 42.4 Å². The van der Waals surface area contributed by atoms with Crippen molar-refractivity contribution in [2.75, 3.05) is 24.7 Å². The van der Waals surface area contributed by atoms with E-state index in [1.165, 1.54) is 23.5 Å². The van der Waals surface area contributed by atoms with Crippen LogP contribution in [0.2, 0.25) is 0 Å². The highest BCUT2D eigenvalue weighted by atomic mass is 32.9. The van der Waals surface area contributed by atoms with Gasteiger partial charge in [-0.25, -0.2) is 24.5 Å². The number of H-pyrrole nitrogens is 1. The number of nitrogens with one attached hydrogen (secondary N) is 1. The quantitative estimate of drug-likeness (QED) is 0.145. The predicted octanol–water partition coefficient (Wildman–Crippen LogP) is 0.771. The zero-order valence-electron chi connectivity index (χ0n) is 21.8. The van der Waals surface area contributed by atoms with Crippen LogP contribution < -0.4 is 17.0 Å². The SMILES string of the molecule is Nc1nc2c(ncn2[C@@H]2O[C@@H]3COP(=S)(S)O[C@H]4C[C@H](n5cnc6c(N)ncnc65)O[C@@H]4COP(=O)(O)O[C@@H]2C3)c(=O)[nH]1. The smallest absolute Gasteiger partial charge is 0.382 e. The number of anilines is 2. The third-order valence-corrected chi connectivity index (χ3v) is 10.3. The first-order valence-corrected chi connectivity index (χ1v) is 18.0. The molecule has 0 amide bonds. The molecule has 43 heavy (non-hydrogen) atoms. The Bertz CT molecular complexity index is 1870. The van der Waals surface area contributed by atoms with E-state index in [1.807, 2.05) is 0 Å². The van der Waals surface area contributed by atoms with Gasteiger partial charge in [0, 0.05) is 12.8 Å². The summed E-state index contributed by atoms with van der Waals surface area (Å²) < 4.78 is 51.6. The van der Waals surface area contributed by atoms with Crippen LogP contribution in [-0.4, -0.2) is 81.6 Å². The van der Waals surface area contributed by atoms with Gasteiger partial charge < -0.3 is 34.9 Å². The number of hydrogen-bond donors (Lipinski definition) is 5. The number of nitrogens with two attached hydrogens (primary N) is 2. The predicted molar refractivity (Wildman–Crippen MR) is 154 cm³/mol. The molecule has 8 atom stereocenters. The van der Waals surface area contributed by atoms with E-state index in [2.05, 4.69) is 42.2 Å². The molecule has 0 aliphatic carbocycles. The molecule has 3 fully saturated rings. The van der Waals surface area contributed by atoms with Crippen molar-refractivity contribution >= 4 is 71.7 Å². The Hall–Kier alpha value is -2.55. The van der Waals surface area contributed by atoms with Crippen LogP contribution in [0.25, 0.3) is 22.3 Å². The van der Waals surface area contributed by atoms with E-state index in [0.29, 0.717) is 11.2 Å². The van der Waals surface area contributed by atoms with Crippen molar-refractivity contribution < 1.29 is 37.0 Å². The van der Waals surface area contributed by atoms with Crippen LogP contribution in [0.1, 0.15) is 25.3 Å². The summed E-state index contributed by atoms with van der Waals surface area (Å²) in [5.41, 5.74) is 8.77. The molecule has 3 aliphatic rings. The molecule has 230 valence electrons. The number of fused-ring (bicyclic) bond motifs is 5. The van der Waals surface area contributed by atoms with Gasteiger partial charge in [0.15, 0.2) is 28.9 Å². The minimum Gasteiger partial charge on any atom is -0.382 e. The summed E-state index contributed by atoms with van der Waals surface area (Å²) in [4.78, 5) is 46.1. The van der Waals surface area contributed by atoms with Crippen molar-refractivity contribution in [2.24, 2.45) is 0 Å². The van der Waals surface area contributed by atoms with Gasteiger partial charge in [0.05, 0.1) is 38.1 Å². The zero-order valence-corrected chi connectivity index (χ0v) is 25.3. The molecule has 4 aromatic heterocycles. The van der Waals surface area contributed by atoms with E-state index in [4.69, 9.17) is 50.8 Å². The molecule has 6 N–H and O–H groups in total. The Morgan fingerprint density at radius 1 is 0.977 bits per heavy atom. The standard InChI is InChI=1S/C20H24N10O9P2S2/c21-15-13-16(24-5-23-15)29(6-25-13)12-2-9-11(37-12)4-34-40(32,33)38-10-1-8(3-35-41(42,43)39-9)36-19(10)30-7-26-14-17(30)27-20(22)28-18(14)31/h5-12,19H,1-4H2,(H,32,33)(H,42,43)(H2,21,23,24)(H3,22,27,28,31)/t8-,9-,10+,11+,12+,19+/m0/s1. The summed E-state index contributed by atoms with van der Waals surface area (Å²) in [5.74, 6) is 0.0521. The fourth-order valence-corrected chi connectivity index (χ4v) is 8.24. The maximum atomic E-state index is 13.2. The number of aromatic amines is 1. The molecule has 4 aromatic rings. The molecule has 2 bridgehead atoms. The Labute approximate surface area is 251 Å². The maximum Gasteiger partial charge on any atom is 0.472 e. The second-order valence-electron chi connectivity index (χ2n) is 9.92. The van der Waals surface area contributed by atoms with Gasteiger partial charge in [-0.3, -0.25) is 28.0 Å². The van der Waals surface area contributed by atoms with Crippen molar-refractivity contribution in [2.45, 2.75) is 49.7 Å². The lowest BCUT2D eigenvalue weighted by atomic mass is 10.2. The molecule has 0 spiro atoms. The molecule has 7 heterocycles. The fraction of sp³-hybridized carbons (Fsp3) is 0.500. The second kappa shape index (κ2) is 10.8. The monoisotopic (exact) mass is 674 g/mol. The van der Waals surface area contributed by atoms with Crippen LogP contribution in [0, 0.1) is 0 Å². The van der Waals surface area contributed by atoms with Crippen molar-refractivity contribution in [3.8, 4) is 0 Å². The number of imidazole rings is 2. The number of nitrogen functional groups attached to an aromatic ring is 2. The number of nitrogens with zero attached hydrogens (tertiary/aromatic N) is 7. The first kappa shape index (κ1) is 29.2. The molecular weight excluding hydrogens is 650 g/mol. The number of aromatic nitrogens is 8. The van der Waals surface area contributed by atoms with Crippen molar-refractivity contribution in [1.29, 1.82) is 0 Å². The van der Waals surface area contributed by atoms with E-state index in [9.17, 15) is 14.3 Å². The van der Waals surface area contributed by atoms with Crippen LogP contribution >= 0.6 is 25.8 Å². The summed E-state index contributed by atoms with van der Waals surface area (Å²) in [5, 5.41) is 0. The lowest BCUT2D eigenvalue weighted by Crippen LogP contribution is -2.29. The highest BCUT2D eigenvalue weighted by molar-refractivity contribution is 8.60. The lowest BCUT2D eigenvalue weighted by molar-refractivity contribution is -0.0609. The molecule has 3 saturated heterocycles. The van der Waals surface area contributed by atoms with Crippen LogP contribution in [0.15, 0.2) is 23.8 Å². The van der Waals surface area contributed by atoms with E-state index >= 15 is 0 Å². The van der Waals surface area contributed by atoms with E-state index in [1.54, 1.807) is 4.57 Å². The van der Waals surface area contributed by atoms with E-state index in [0.717, 1.165) is 0 Å². The first-order chi connectivity index (χ1) is 20.5. The van der Waals surface area contributed by atoms with Crippen molar-refractivity contribution in [1.82, 2.24) is 39.0 Å². The molecular formula is C20H24N10O9P2S2. The highest BCUT2D eigenvalue weighted by Crippen LogP contribution is 2.58. The van der Waals surface area contributed by atoms with Gasteiger partial charge in [-0.2, -0.15) is 4.98 Å². The number of phosphoric ester groups is 1. The third kappa shape index (κ3) is 5.59. The minimum absolute atomic E-state index is 0.00728. The number of rotatable bonds is 2. The van der Waals surface area contributed by atoms with Gasteiger partial charge in [0.2, 0.25) is 11.6 Å². The van der Waals surface area contributed by atoms with Gasteiger partial charge >= 0.3 is 7.82 Å². The van der Waals surface area contributed by atoms with Crippen molar-refractivity contribution in [3.05, 3.63) is 29.3 Å². The molecule has 23 heteroatoms. The average molecular weight is 675 g/mol. The third-order valence-electron chi connectivity index (χ3n) is 7.11. The van der Waals surface area contributed by atoms with Crippen LogP contribution in [0.5, 0.6) is 0 Å². The molecule has 0 aromatic carbocycles. The molecule has 0 radical (unpaired) electrons. The topological polar surface area (TPSA) is 252 Å². The Kier molecular flexibility index (Phi) is 7.34. The van der Waals surface area contributed by atoms with Gasteiger partial charge in [-0.1, -0.05) is 12.2 Å². The van der Waals surface area contributed by atoms with Crippen molar-refractivity contribution in [3.63, 3.8) is 0 Å². The molecule has 3 aliphatic heterocycles. The molecule has 19 nitrogen and oxygen atoms in total. The Balaban J connectivity index is 1.17. The van der Waals surface area contributed by atoms with Gasteiger partial charge in [0.25, 0.3) is 5.56 Å². The minimum atomic E-state index is -4.72. The lowest BCUT2D eigenvalue weighted by Gasteiger charge is -2.26. The molecule has 2 unspecified atom stereocenters. The van der Waals surface area contributed by atoms with E-state index < -0.39 is 62.6 Å². The summed E-state index contributed by atoms with van der Waals surface area (Å²) >= 11 is 10.1. The van der Waals surface area contributed by atoms with Crippen LogP contribution in [0.3, 0.4) is 0 Å². The highest BCUT2D eigenvalue weighted by Gasteiger charge is 2.46. The first-order valence-electron chi connectivity index (χ1n) is 12.7. The summed E-state index contributed by atoms with van der Waals surface area (Å²) in [7, 11) is -4.72. The number of hydrogen-bond acceptors (Lipinski definition) is 16. The number of ether oxygens (including phenoxy) is 2. The number of phosphoric acid groups is 1. The Morgan fingerprint density at radius 3 is 2.60 bits per heavy atom. The summed E-state index contributed by atoms with van der Waals surface area (Å²) in [6, 6.07) is 0. The van der Waals surface area contributed by atoms with Gasteiger partial charge in [-0.05, 0) is 11.8 Å². The number of thiol groups is 1.